The molecule has 0 saturated heterocycles. The SMILES string of the molecule is CCOC(=O)c1c(C)n(-c2ccc(C)cc2)c2ccc(OCC(O)Cn3nc(C)c(Cl)c3C)cc12.Cl. The molecule has 0 saturated carbocycles. The average molecular weight is 532 g/mol. The molecule has 192 valence electrons. The number of nitrogens with zero attached hydrogens (tertiary/aromatic N) is 3. The van der Waals surface area contributed by atoms with Crippen molar-refractivity contribution in [1.29, 1.82) is 0 Å². The highest BCUT2D eigenvalue weighted by molar-refractivity contribution is 6.31. The first-order valence-electron chi connectivity index (χ1n) is 11.6. The van der Waals surface area contributed by atoms with Gasteiger partial charge in [-0.25, -0.2) is 4.79 Å². The number of ether oxygens (including phenoxy) is 2. The van der Waals surface area contributed by atoms with E-state index in [1.165, 1.54) is 0 Å². The van der Waals surface area contributed by atoms with E-state index in [0.717, 1.165) is 39.2 Å². The first-order valence-corrected chi connectivity index (χ1v) is 12.0. The molecule has 9 heteroatoms. The van der Waals surface area contributed by atoms with E-state index in [-0.39, 0.29) is 38.1 Å². The van der Waals surface area contributed by atoms with Gasteiger partial charge in [0.1, 0.15) is 18.5 Å². The minimum absolute atomic E-state index is 0. The van der Waals surface area contributed by atoms with Gasteiger partial charge in [0.2, 0.25) is 0 Å². The Morgan fingerprint density at radius 3 is 2.39 bits per heavy atom. The van der Waals surface area contributed by atoms with Crippen molar-refractivity contribution in [2.24, 2.45) is 0 Å². The van der Waals surface area contributed by atoms with Crippen molar-refractivity contribution in [3.63, 3.8) is 0 Å². The van der Waals surface area contributed by atoms with Crippen molar-refractivity contribution in [3.8, 4) is 11.4 Å². The minimum Gasteiger partial charge on any atom is -0.491 e. The van der Waals surface area contributed by atoms with E-state index >= 15 is 0 Å². The lowest BCUT2D eigenvalue weighted by molar-refractivity contribution is 0.0527. The lowest BCUT2D eigenvalue weighted by Gasteiger charge is -2.14. The Balaban J connectivity index is 0.00000361. The lowest BCUT2D eigenvalue weighted by atomic mass is 10.1. The lowest BCUT2D eigenvalue weighted by Crippen LogP contribution is -2.24. The van der Waals surface area contributed by atoms with Gasteiger partial charge in [0.05, 0.1) is 40.6 Å². The maximum Gasteiger partial charge on any atom is 0.340 e. The first-order chi connectivity index (χ1) is 16.7. The van der Waals surface area contributed by atoms with Crippen LogP contribution in [0.25, 0.3) is 16.6 Å². The van der Waals surface area contributed by atoms with Crippen molar-refractivity contribution >= 4 is 40.9 Å². The van der Waals surface area contributed by atoms with Crippen LogP contribution >= 0.6 is 24.0 Å². The van der Waals surface area contributed by atoms with E-state index in [9.17, 15) is 9.90 Å². The number of aliphatic hydroxyl groups is 1. The van der Waals surface area contributed by atoms with E-state index in [4.69, 9.17) is 21.1 Å². The fourth-order valence-corrected chi connectivity index (χ4v) is 4.41. The molecule has 0 amide bonds. The Bertz CT molecular complexity index is 1380. The second kappa shape index (κ2) is 11.4. The van der Waals surface area contributed by atoms with Crippen LogP contribution in [0.5, 0.6) is 5.75 Å². The number of hydrogen-bond donors (Lipinski definition) is 1. The molecule has 7 nitrogen and oxygen atoms in total. The molecular formula is C27H31Cl2N3O4. The normalized spacial score (nSPS) is 11.9. The highest BCUT2D eigenvalue weighted by Gasteiger charge is 2.23. The Morgan fingerprint density at radius 2 is 1.78 bits per heavy atom. The van der Waals surface area contributed by atoms with E-state index in [1.54, 1.807) is 11.6 Å². The number of rotatable bonds is 8. The largest absolute Gasteiger partial charge is 0.491 e. The second-order valence-electron chi connectivity index (χ2n) is 8.66. The van der Waals surface area contributed by atoms with Gasteiger partial charge < -0.3 is 19.1 Å². The number of hydrogen-bond acceptors (Lipinski definition) is 5. The Kier molecular flexibility index (Phi) is 8.71. The Hall–Kier alpha value is -3.00. The van der Waals surface area contributed by atoms with Crippen LogP contribution in [-0.2, 0) is 11.3 Å². The third-order valence-corrected chi connectivity index (χ3v) is 6.61. The van der Waals surface area contributed by atoms with Crippen LogP contribution in [0, 0.1) is 27.7 Å². The molecule has 0 aliphatic carbocycles. The van der Waals surface area contributed by atoms with E-state index in [1.807, 2.05) is 74.7 Å². The summed E-state index contributed by atoms with van der Waals surface area (Å²) in [5.41, 5.74) is 5.82. The number of benzene rings is 2. The van der Waals surface area contributed by atoms with Crippen LogP contribution in [0.15, 0.2) is 42.5 Å². The van der Waals surface area contributed by atoms with Gasteiger partial charge in [0, 0.05) is 16.8 Å². The number of carbonyl (C=O) groups is 1. The smallest absolute Gasteiger partial charge is 0.340 e. The molecule has 2 aromatic heterocycles. The van der Waals surface area contributed by atoms with Crippen molar-refractivity contribution in [1.82, 2.24) is 14.3 Å². The Morgan fingerprint density at radius 1 is 1.08 bits per heavy atom. The van der Waals surface area contributed by atoms with Gasteiger partial charge in [-0.2, -0.15) is 5.10 Å². The fraction of sp³-hybridized carbons (Fsp3) is 0.333. The van der Waals surface area contributed by atoms with Gasteiger partial charge in [-0.1, -0.05) is 29.3 Å². The third kappa shape index (κ3) is 5.38. The van der Waals surface area contributed by atoms with Gasteiger partial charge in [-0.05, 0) is 65.0 Å². The molecule has 0 radical (unpaired) electrons. The topological polar surface area (TPSA) is 78.5 Å². The van der Waals surface area contributed by atoms with Gasteiger partial charge in [-0.3, -0.25) is 4.68 Å². The number of fused-ring (bicyclic) bond motifs is 1. The van der Waals surface area contributed by atoms with Gasteiger partial charge >= 0.3 is 5.97 Å². The van der Waals surface area contributed by atoms with Gasteiger partial charge in [0.25, 0.3) is 0 Å². The molecule has 4 aromatic rings. The molecule has 0 bridgehead atoms. The number of esters is 1. The highest BCUT2D eigenvalue weighted by Crippen LogP contribution is 2.33. The van der Waals surface area contributed by atoms with E-state index in [2.05, 4.69) is 5.10 Å². The summed E-state index contributed by atoms with van der Waals surface area (Å²) in [6.45, 7) is 10.0. The summed E-state index contributed by atoms with van der Waals surface area (Å²) in [6, 6.07) is 13.7. The van der Waals surface area contributed by atoms with E-state index in [0.29, 0.717) is 16.3 Å². The van der Waals surface area contributed by atoms with E-state index < -0.39 is 6.10 Å². The molecular weight excluding hydrogens is 501 g/mol. The molecule has 2 aromatic carbocycles. The standard InChI is InChI=1S/C27H30ClN3O4.ClH/c1-6-34-27(33)25-18(4)31(20-9-7-16(2)8-10-20)24-12-11-22(13-23(24)25)35-15-21(32)14-30-19(5)26(28)17(3)29-30;/h7-13,21,32H,6,14-15H2,1-5H3;1H. The zero-order valence-corrected chi connectivity index (χ0v) is 22.6. The summed E-state index contributed by atoms with van der Waals surface area (Å²) >= 11 is 6.20. The number of carbonyl (C=O) groups excluding carboxylic acids is 1. The van der Waals surface area contributed by atoms with Crippen LogP contribution in [0.1, 0.15) is 39.9 Å². The quantitative estimate of drug-likeness (QED) is 0.292. The highest BCUT2D eigenvalue weighted by atomic mass is 35.5. The summed E-state index contributed by atoms with van der Waals surface area (Å²) in [5, 5.41) is 16.2. The van der Waals surface area contributed by atoms with Crippen LogP contribution in [0.4, 0.5) is 0 Å². The van der Waals surface area contributed by atoms with Crippen LogP contribution < -0.4 is 4.74 Å². The molecule has 0 aliphatic heterocycles. The fourth-order valence-electron chi connectivity index (χ4n) is 4.27. The predicted molar refractivity (Wildman–Crippen MR) is 144 cm³/mol. The average Bonchev–Trinajstić information content (AvgIpc) is 3.25. The summed E-state index contributed by atoms with van der Waals surface area (Å²) < 4.78 is 15.0. The number of aromatic nitrogens is 3. The third-order valence-electron chi connectivity index (χ3n) is 6.07. The maximum atomic E-state index is 12.9. The summed E-state index contributed by atoms with van der Waals surface area (Å²) in [5.74, 6) is 0.175. The summed E-state index contributed by atoms with van der Waals surface area (Å²) in [7, 11) is 0. The monoisotopic (exact) mass is 531 g/mol. The van der Waals surface area contributed by atoms with Gasteiger partial charge in [-0.15, -0.1) is 12.4 Å². The van der Waals surface area contributed by atoms with Crippen molar-refractivity contribution < 1.29 is 19.4 Å². The molecule has 1 N–H and O–H groups in total. The molecule has 0 aliphatic rings. The van der Waals surface area contributed by atoms with Crippen molar-refractivity contribution in [2.45, 2.75) is 47.3 Å². The Labute approximate surface area is 222 Å². The zero-order chi connectivity index (χ0) is 25.3. The number of halogens is 2. The van der Waals surface area contributed by atoms with Crippen LogP contribution in [-0.4, -0.2) is 44.7 Å². The minimum atomic E-state index is -0.789. The zero-order valence-electron chi connectivity index (χ0n) is 21.0. The van der Waals surface area contributed by atoms with Crippen molar-refractivity contribution in [3.05, 3.63) is 75.7 Å². The predicted octanol–water partition coefficient (Wildman–Crippen LogP) is 5.75. The first kappa shape index (κ1) is 27.6. The molecule has 0 spiro atoms. The molecule has 0 fully saturated rings. The van der Waals surface area contributed by atoms with Gasteiger partial charge in [0.15, 0.2) is 0 Å². The molecule has 4 rings (SSSR count). The number of aliphatic hydroxyl groups excluding tert-OH is 1. The molecule has 1 unspecified atom stereocenters. The summed E-state index contributed by atoms with van der Waals surface area (Å²) in [6.07, 6.45) is -0.789. The molecule has 2 heterocycles. The molecule has 1 atom stereocenters. The number of aryl methyl sites for hydroxylation is 2. The maximum absolute atomic E-state index is 12.9. The van der Waals surface area contributed by atoms with Crippen LogP contribution in [0.2, 0.25) is 5.02 Å². The van der Waals surface area contributed by atoms with Crippen molar-refractivity contribution in [2.75, 3.05) is 13.2 Å². The molecule has 36 heavy (non-hydrogen) atoms. The summed E-state index contributed by atoms with van der Waals surface area (Å²) in [4.78, 5) is 12.9. The van der Waals surface area contributed by atoms with Crippen LogP contribution in [0.3, 0.4) is 0 Å². The second-order valence-corrected chi connectivity index (χ2v) is 9.04.